The fourth-order valence-corrected chi connectivity index (χ4v) is 2.34. The van der Waals surface area contributed by atoms with Gasteiger partial charge in [-0.15, -0.1) is 6.58 Å². The molecule has 0 amide bonds. The van der Waals surface area contributed by atoms with Gasteiger partial charge in [0.2, 0.25) is 0 Å². The van der Waals surface area contributed by atoms with E-state index in [0.29, 0.717) is 0 Å². The smallest absolute Gasteiger partial charge is 0.119 e. The molecule has 0 fully saturated rings. The summed E-state index contributed by atoms with van der Waals surface area (Å²) >= 11 is 0. The van der Waals surface area contributed by atoms with Crippen LogP contribution in [0.3, 0.4) is 0 Å². The van der Waals surface area contributed by atoms with Gasteiger partial charge in [0, 0.05) is 11.1 Å². The van der Waals surface area contributed by atoms with E-state index in [9.17, 15) is 0 Å². The van der Waals surface area contributed by atoms with E-state index in [4.69, 9.17) is 4.74 Å². The highest BCUT2D eigenvalue weighted by atomic mass is 16.5. The molecule has 0 aliphatic carbocycles. The standard InChI is InChI=1S/C23H26O/c1-3-5-7-19-24-23-17-15-22(16-18-23)14-13-21-11-9-20(10-12-21)8-6-4-2/h4,9-12,15-18H,2-3,5-8,19H2,1H3. The van der Waals surface area contributed by atoms with Crippen molar-refractivity contribution >= 4 is 0 Å². The van der Waals surface area contributed by atoms with Crippen LogP contribution in [0, 0.1) is 11.8 Å². The highest BCUT2D eigenvalue weighted by molar-refractivity contribution is 5.44. The van der Waals surface area contributed by atoms with Crippen LogP contribution in [-0.2, 0) is 6.42 Å². The van der Waals surface area contributed by atoms with Crippen molar-refractivity contribution in [2.24, 2.45) is 0 Å². The van der Waals surface area contributed by atoms with Crippen molar-refractivity contribution in [1.82, 2.24) is 0 Å². The Balaban J connectivity index is 1.89. The van der Waals surface area contributed by atoms with Crippen LogP contribution < -0.4 is 4.74 Å². The maximum absolute atomic E-state index is 5.72. The molecule has 0 unspecified atom stereocenters. The first kappa shape index (κ1) is 17.9. The average Bonchev–Trinajstić information content (AvgIpc) is 2.64. The number of rotatable bonds is 8. The van der Waals surface area contributed by atoms with Crippen molar-refractivity contribution in [3.63, 3.8) is 0 Å². The van der Waals surface area contributed by atoms with Gasteiger partial charge in [0.1, 0.15) is 5.75 Å². The molecular formula is C23H26O. The number of hydrogen-bond donors (Lipinski definition) is 0. The third kappa shape index (κ3) is 6.34. The molecule has 0 aromatic heterocycles. The molecule has 0 spiro atoms. The maximum Gasteiger partial charge on any atom is 0.119 e. The molecule has 0 aliphatic heterocycles. The zero-order chi connectivity index (χ0) is 17.0. The van der Waals surface area contributed by atoms with Gasteiger partial charge in [0.05, 0.1) is 6.61 Å². The molecule has 1 heteroatoms. The molecule has 2 aromatic carbocycles. The quantitative estimate of drug-likeness (QED) is 0.341. The van der Waals surface area contributed by atoms with Gasteiger partial charge in [0.25, 0.3) is 0 Å². The van der Waals surface area contributed by atoms with Gasteiger partial charge in [-0.05, 0) is 61.2 Å². The van der Waals surface area contributed by atoms with E-state index in [2.05, 4.69) is 49.6 Å². The van der Waals surface area contributed by atoms with E-state index >= 15 is 0 Å². The third-order valence-electron chi connectivity index (χ3n) is 3.81. The van der Waals surface area contributed by atoms with Crippen LogP contribution in [0.5, 0.6) is 5.75 Å². The molecule has 0 saturated heterocycles. The molecule has 24 heavy (non-hydrogen) atoms. The van der Waals surface area contributed by atoms with E-state index < -0.39 is 0 Å². The Morgan fingerprint density at radius 2 is 1.54 bits per heavy atom. The Morgan fingerprint density at radius 3 is 2.12 bits per heavy atom. The summed E-state index contributed by atoms with van der Waals surface area (Å²) in [6, 6.07) is 16.5. The third-order valence-corrected chi connectivity index (χ3v) is 3.81. The predicted octanol–water partition coefficient (Wildman–Crippen LogP) is 5.77. The van der Waals surface area contributed by atoms with Crippen LogP contribution in [0.15, 0.2) is 61.2 Å². The highest BCUT2D eigenvalue weighted by Gasteiger charge is 1.95. The Labute approximate surface area is 146 Å². The second-order valence-corrected chi connectivity index (χ2v) is 5.85. The average molecular weight is 318 g/mol. The SMILES string of the molecule is C=CCCc1ccc(C#Cc2ccc(OCCCCC)cc2)cc1. The Bertz CT molecular complexity index is 669. The van der Waals surface area contributed by atoms with E-state index in [1.54, 1.807) is 0 Å². The summed E-state index contributed by atoms with van der Waals surface area (Å²) in [7, 11) is 0. The number of unbranched alkanes of at least 4 members (excludes halogenated alkanes) is 2. The molecule has 0 radical (unpaired) electrons. The number of hydrogen-bond acceptors (Lipinski definition) is 1. The second-order valence-electron chi connectivity index (χ2n) is 5.85. The van der Waals surface area contributed by atoms with Gasteiger partial charge in [0.15, 0.2) is 0 Å². The van der Waals surface area contributed by atoms with Gasteiger partial charge >= 0.3 is 0 Å². The zero-order valence-corrected chi connectivity index (χ0v) is 14.6. The van der Waals surface area contributed by atoms with E-state index in [1.165, 1.54) is 18.4 Å². The first-order valence-electron chi connectivity index (χ1n) is 8.76. The van der Waals surface area contributed by atoms with Gasteiger partial charge < -0.3 is 4.74 Å². The van der Waals surface area contributed by atoms with Crippen LogP contribution >= 0.6 is 0 Å². The van der Waals surface area contributed by atoms with Crippen LogP contribution in [-0.4, -0.2) is 6.61 Å². The molecule has 0 atom stereocenters. The lowest BCUT2D eigenvalue weighted by atomic mass is 10.1. The molecule has 2 rings (SSSR count). The summed E-state index contributed by atoms with van der Waals surface area (Å²) < 4.78 is 5.72. The fraction of sp³-hybridized carbons (Fsp3) is 0.304. The van der Waals surface area contributed by atoms with Crippen LogP contribution in [0.2, 0.25) is 0 Å². The van der Waals surface area contributed by atoms with Crippen LogP contribution in [0.25, 0.3) is 0 Å². The lowest BCUT2D eigenvalue weighted by Crippen LogP contribution is -1.96. The lowest BCUT2D eigenvalue weighted by molar-refractivity contribution is 0.306. The number of benzene rings is 2. The fourth-order valence-electron chi connectivity index (χ4n) is 2.34. The zero-order valence-electron chi connectivity index (χ0n) is 14.6. The molecule has 1 nitrogen and oxygen atoms in total. The van der Waals surface area contributed by atoms with Crippen molar-refractivity contribution in [3.8, 4) is 17.6 Å². The van der Waals surface area contributed by atoms with E-state index in [1.807, 2.05) is 30.3 Å². The van der Waals surface area contributed by atoms with E-state index in [0.717, 1.165) is 42.7 Å². The van der Waals surface area contributed by atoms with Crippen molar-refractivity contribution in [2.45, 2.75) is 39.0 Å². The minimum Gasteiger partial charge on any atom is -0.494 e. The minimum absolute atomic E-state index is 0.789. The number of ether oxygens (including phenoxy) is 1. The summed E-state index contributed by atoms with van der Waals surface area (Å²) in [6.07, 6.45) is 7.55. The first-order chi connectivity index (χ1) is 11.8. The monoisotopic (exact) mass is 318 g/mol. The number of aryl methyl sites for hydroxylation is 1. The van der Waals surface area contributed by atoms with Crippen molar-refractivity contribution in [1.29, 1.82) is 0 Å². The predicted molar refractivity (Wildman–Crippen MR) is 102 cm³/mol. The number of allylic oxidation sites excluding steroid dienone is 1. The summed E-state index contributed by atoms with van der Waals surface area (Å²) in [5, 5.41) is 0. The Morgan fingerprint density at radius 1 is 0.917 bits per heavy atom. The van der Waals surface area contributed by atoms with Crippen LogP contribution in [0.1, 0.15) is 49.3 Å². The molecule has 0 aliphatic rings. The summed E-state index contributed by atoms with van der Waals surface area (Å²) in [6.45, 7) is 6.74. The Hall–Kier alpha value is -2.46. The topological polar surface area (TPSA) is 9.23 Å². The molecule has 0 saturated carbocycles. The largest absolute Gasteiger partial charge is 0.494 e. The molecule has 0 heterocycles. The minimum atomic E-state index is 0.789. The van der Waals surface area contributed by atoms with E-state index in [-0.39, 0.29) is 0 Å². The van der Waals surface area contributed by atoms with Gasteiger partial charge in [-0.3, -0.25) is 0 Å². The molecule has 124 valence electrons. The first-order valence-corrected chi connectivity index (χ1v) is 8.76. The highest BCUT2D eigenvalue weighted by Crippen LogP contribution is 2.13. The molecule has 2 aromatic rings. The molecule has 0 N–H and O–H groups in total. The second kappa shape index (κ2) is 10.3. The summed E-state index contributed by atoms with van der Waals surface area (Å²) in [4.78, 5) is 0. The lowest BCUT2D eigenvalue weighted by Gasteiger charge is -2.05. The van der Waals surface area contributed by atoms with Gasteiger partial charge in [-0.2, -0.15) is 0 Å². The molecule has 0 bridgehead atoms. The van der Waals surface area contributed by atoms with Crippen molar-refractivity contribution < 1.29 is 4.74 Å². The maximum atomic E-state index is 5.72. The normalized spacial score (nSPS) is 9.88. The van der Waals surface area contributed by atoms with Crippen LogP contribution in [0.4, 0.5) is 0 Å². The Kier molecular flexibility index (Phi) is 7.71. The summed E-state index contributed by atoms with van der Waals surface area (Å²) in [5.74, 6) is 7.34. The van der Waals surface area contributed by atoms with Gasteiger partial charge in [-0.25, -0.2) is 0 Å². The molecular weight excluding hydrogens is 292 g/mol. The van der Waals surface area contributed by atoms with Gasteiger partial charge in [-0.1, -0.05) is 49.8 Å². The van der Waals surface area contributed by atoms with Crippen molar-refractivity contribution in [3.05, 3.63) is 77.9 Å². The summed E-state index contributed by atoms with van der Waals surface area (Å²) in [5.41, 5.74) is 3.37. The van der Waals surface area contributed by atoms with Crippen molar-refractivity contribution in [2.75, 3.05) is 6.61 Å².